The molecule has 0 spiro atoms. The number of anilines is 1. The van der Waals surface area contributed by atoms with E-state index in [1.54, 1.807) is 35.3 Å². The molecule has 3 rings (SSSR count). The summed E-state index contributed by atoms with van der Waals surface area (Å²) in [6.45, 7) is 5.03. The fraction of sp³-hybridized carbons (Fsp3) is 0.421. The van der Waals surface area contributed by atoms with E-state index >= 15 is 0 Å². The van der Waals surface area contributed by atoms with E-state index in [-0.39, 0.29) is 23.7 Å². The molecule has 0 saturated carbocycles. The molecule has 1 aliphatic rings. The number of thiazole rings is 1. The molecular weight excluding hydrogens is 367 g/mol. The van der Waals surface area contributed by atoms with Gasteiger partial charge in [0.25, 0.3) is 0 Å². The highest BCUT2D eigenvalue weighted by atomic mass is 32.1. The third kappa shape index (κ3) is 5.03. The summed E-state index contributed by atoms with van der Waals surface area (Å²) in [4.78, 5) is 30.6. The van der Waals surface area contributed by atoms with E-state index in [1.165, 1.54) is 6.07 Å². The predicted octanol–water partition coefficient (Wildman–Crippen LogP) is 3.46. The summed E-state index contributed by atoms with van der Waals surface area (Å²) < 4.78 is 13.6. The van der Waals surface area contributed by atoms with Crippen LogP contribution < -0.4 is 10.6 Å². The number of rotatable bonds is 4. The summed E-state index contributed by atoms with van der Waals surface area (Å²) in [6, 6.07) is 4.35. The van der Waals surface area contributed by atoms with Gasteiger partial charge in [0.15, 0.2) is 0 Å². The topological polar surface area (TPSA) is 74.3 Å². The molecular formula is C19H23FN4O2S. The van der Waals surface area contributed by atoms with Gasteiger partial charge in [-0.3, -0.25) is 4.79 Å². The van der Waals surface area contributed by atoms with Gasteiger partial charge in [-0.05, 0) is 44.4 Å². The first kappa shape index (κ1) is 19.3. The van der Waals surface area contributed by atoms with Crippen LogP contribution in [0.5, 0.6) is 0 Å². The van der Waals surface area contributed by atoms with Crippen LogP contribution in [0.25, 0.3) is 0 Å². The van der Waals surface area contributed by atoms with E-state index < -0.39 is 0 Å². The summed E-state index contributed by atoms with van der Waals surface area (Å²) in [5.41, 5.74) is 1.84. The number of hydrogen-bond acceptors (Lipinski definition) is 4. The van der Waals surface area contributed by atoms with Gasteiger partial charge in [0.05, 0.1) is 17.2 Å². The van der Waals surface area contributed by atoms with Crippen LogP contribution in [0.1, 0.15) is 29.1 Å². The smallest absolute Gasteiger partial charge is 0.321 e. The van der Waals surface area contributed by atoms with E-state index in [4.69, 9.17) is 0 Å². The molecule has 1 saturated heterocycles. The van der Waals surface area contributed by atoms with Crippen LogP contribution in [0.4, 0.5) is 14.9 Å². The molecule has 0 aliphatic carbocycles. The maximum absolute atomic E-state index is 13.6. The van der Waals surface area contributed by atoms with Crippen LogP contribution in [0.2, 0.25) is 0 Å². The Morgan fingerprint density at radius 1 is 1.30 bits per heavy atom. The zero-order valence-electron chi connectivity index (χ0n) is 15.4. The standard InChI is InChI=1S/C19H23FN4O2S/c1-12-3-4-15(9-17(12)20)23-19(26)24-7-5-14(6-8-24)18(25)21-10-16-11-27-13(2)22-16/h3-4,9,11,14H,5-8,10H2,1-2H3,(H,21,25)(H,23,26). The van der Waals surface area contributed by atoms with Crippen molar-refractivity contribution in [2.45, 2.75) is 33.2 Å². The van der Waals surface area contributed by atoms with Crippen molar-refractivity contribution in [3.05, 3.63) is 45.7 Å². The van der Waals surface area contributed by atoms with Crippen molar-refractivity contribution < 1.29 is 14.0 Å². The molecule has 144 valence electrons. The first-order chi connectivity index (χ1) is 12.9. The summed E-state index contributed by atoms with van der Waals surface area (Å²) in [5.74, 6) is -0.453. The molecule has 0 unspecified atom stereocenters. The van der Waals surface area contributed by atoms with Crippen molar-refractivity contribution in [3.63, 3.8) is 0 Å². The highest BCUT2D eigenvalue weighted by Gasteiger charge is 2.27. The quantitative estimate of drug-likeness (QED) is 0.840. The Bertz CT molecular complexity index is 831. The summed E-state index contributed by atoms with van der Waals surface area (Å²) in [7, 11) is 0. The van der Waals surface area contributed by atoms with Gasteiger partial charge < -0.3 is 15.5 Å². The fourth-order valence-electron chi connectivity index (χ4n) is 3.03. The second-order valence-corrected chi connectivity index (χ2v) is 7.79. The van der Waals surface area contributed by atoms with Crippen LogP contribution in [0.15, 0.2) is 23.6 Å². The lowest BCUT2D eigenvalue weighted by atomic mass is 9.96. The first-order valence-corrected chi connectivity index (χ1v) is 9.81. The number of carbonyl (C=O) groups excluding carboxylic acids is 2. The van der Waals surface area contributed by atoms with E-state index in [0.29, 0.717) is 43.7 Å². The second kappa shape index (κ2) is 8.47. The van der Waals surface area contributed by atoms with Crippen molar-refractivity contribution in [2.75, 3.05) is 18.4 Å². The minimum absolute atomic E-state index is 0.00122. The summed E-state index contributed by atoms with van der Waals surface area (Å²) in [5, 5.41) is 8.55. The Kier molecular flexibility index (Phi) is 6.05. The number of nitrogens with one attached hydrogen (secondary N) is 2. The highest BCUT2D eigenvalue weighted by Crippen LogP contribution is 2.20. The third-order valence-electron chi connectivity index (χ3n) is 4.69. The Balaban J connectivity index is 1.45. The minimum atomic E-state index is -0.349. The highest BCUT2D eigenvalue weighted by molar-refractivity contribution is 7.09. The number of nitrogens with zero attached hydrogens (tertiary/aromatic N) is 2. The molecule has 3 amide bonds. The summed E-state index contributed by atoms with van der Waals surface area (Å²) >= 11 is 1.56. The number of aromatic nitrogens is 1. The van der Waals surface area contributed by atoms with E-state index in [9.17, 15) is 14.0 Å². The van der Waals surface area contributed by atoms with Crippen LogP contribution in [-0.2, 0) is 11.3 Å². The van der Waals surface area contributed by atoms with Crippen molar-refractivity contribution in [3.8, 4) is 0 Å². The maximum Gasteiger partial charge on any atom is 0.321 e. The Labute approximate surface area is 161 Å². The SMILES string of the molecule is Cc1nc(CNC(=O)C2CCN(C(=O)Nc3ccc(C)c(F)c3)CC2)cs1. The molecule has 0 bridgehead atoms. The van der Waals surface area contributed by atoms with Gasteiger partial charge in [-0.15, -0.1) is 11.3 Å². The van der Waals surface area contributed by atoms with Gasteiger partial charge in [0.1, 0.15) is 5.82 Å². The number of urea groups is 1. The average Bonchev–Trinajstić information content (AvgIpc) is 3.08. The van der Waals surface area contributed by atoms with Gasteiger partial charge >= 0.3 is 6.03 Å². The van der Waals surface area contributed by atoms with Gasteiger partial charge in [-0.1, -0.05) is 6.07 Å². The normalized spacial score (nSPS) is 14.9. The molecule has 1 aliphatic heterocycles. The van der Waals surface area contributed by atoms with Gasteiger partial charge in [0.2, 0.25) is 5.91 Å². The van der Waals surface area contributed by atoms with Crippen molar-refractivity contribution >= 4 is 29.0 Å². The molecule has 2 N–H and O–H groups in total. The van der Waals surface area contributed by atoms with Crippen molar-refractivity contribution in [1.82, 2.24) is 15.2 Å². The lowest BCUT2D eigenvalue weighted by Crippen LogP contribution is -2.44. The minimum Gasteiger partial charge on any atom is -0.350 e. The van der Waals surface area contributed by atoms with Crippen LogP contribution in [0, 0.1) is 25.6 Å². The number of piperidine rings is 1. The third-order valence-corrected chi connectivity index (χ3v) is 5.51. The molecule has 1 aromatic heterocycles. The largest absolute Gasteiger partial charge is 0.350 e. The Hall–Kier alpha value is -2.48. The number of amides is 3. The molecule has 27 heavy (non-hydrogen) atoms. The van der Waals surface area contributed by atoms with Crippen LogP contribution in [-0.4, -0.2) is 34.9 Å². The van der Waals surface area contributed by atoms with Crippen LogP contribution in [0.3, 0.4) is 0 Å². The number of halogens is 1. The molecule has 8 heteroatoms. The van der Waals surface area contributed by atoms with Crippen molar-refractivity contribution in [2.24, 2.45) is 5.92 Å². The number of hydrogen-bond donors (Lipinski definition) is 2. The molecule has 1 fully saturated rings. The maximum atomic E-state index is 13.6. The fourth-order valence-corrected chi connectivity index (χ4v) is 3.64. The number of aryl methyl sites for hydroxylation is 2. The van der Waals surface area contributed by atoms with Gasteiger partial charge in [-0.2, -0.15) is 0 Å². The molecule has 6 nitrogen and oxygen atoms in total. The molecule has 1 aromatic carbocycles. The number of benzene rings is 1. The van der Waals surface area contributed by atoms with E-state index in [0.717, 1.165) is 10.7 Å². The van der Waals surface area contributed by atoms with Gasteiger partial charge in [-0.25, -0.2) is 14.2 Å². The zero-order valence-corrected chi connectivity index (χ0v) is 16.2. The molecule has 0 radical (unpaired) electrons. The lowest BCUT2D eigenvalue weighted by Gasteiger charge is -2.31. The van der Waals surface area contributed by atoms with Crippen LogP contribution >= 0.6 is 11.3 Å². The molecule has 2 heterocycles. The number of likely N-dealkylation sites (tertiary alicyclic amines) is 1. The molecule has 0 atom stereocenters. The average molecular weight is 390 g/mol. The second-order valence-electron chi connectivity index (χ2n) is 6.73. The predicted molar refractivity (Wildman–Crippen MR) is 103 cm³/mol. The number of carbonyl (C=O) groups is 2. The Morgan fingerprint density at radius 3 is 2.67 bits per heavy atom. The Morgan fingerprint density at radius 2 is 2.04 bits per heavy atom. The molecule has 2 aromatic rings. The summed E-state index contributed by atoms with van der Waals surface area (Å²) in [6.07, 6.45) is 1.22. The zero-order chi connectivity index (χ0) is 19.4. The first-order valence-electron chi connectivity index (χ1n) is 8.93. The van der Waals surface area contributed by atoms with Crippen molar-refractivity contribution in [1.29, 1.82) is 0 Å². The van der Waals surface area contributed by atoms with E-state index in [2.05, 4.69) is 15.6 Å². The lowest BCUT2D eigenvalue weighted by molar-refractivity contribution is -0.126. The van der Waals surface area contributed by atoms with E-state index in [1.807, 2.05) is 12.3 Å². The van der Waals surface area contributed by atoms with Gasteiger partial charge in [0, 0.05) is 30.1 Å². The monoisotopic (exact) mass is 390 g/mol.